The summed E-state index contributed by atoms with van der Waals surface area (Å²) >= 11 is 0. The van der Waals surface area contributed by atoms with Gasteiger partial charge in [-0.05, 0) is 38.2 Å². The van der Waals surface area contributed by atoms with Crippen LogP contribution in [0.2, 0.25) is 0 Å². The topological polar surface area (TPSA) is 168 Å². The van der Waals surface area contributed by atoms with Gasteiger partial charge in [0.05, 0.1) is 0 Å². The van der Waals surface area contributed by atoms with Crippen LogP contribution < -0.4 is 26.2 Å². The van der Waals surface area contributed by atoms with E-state index in [2.05, 4.69) is 20.6 Å². The Balaban J connectivity index is 2.22. The minimum Gasteiger partial charge on any atom is -0.369 e. The highest BCUT2D eigenvalue weighted by atomic mass is 32.2. The van der Waals surface area contributed by atoms with Crippen LogP contribution in [-0.4, -0.2) is 56.4 Å². The van der Waals surface area contributed by atoms with Crippen molar-refractivity contribution in [3.05, 3.63) is 41.6 Å². The molecule has 1 aromatic heterocycles. The van der Waals surface area contributed by atoms with E-state index in [1.54, 1.807) is 43.3 Å². The molecule has 1 amide bonds. The molecule has 0 aliphatic heterocycles. The van der Waals surface area contributed by atoms with Crippen molar-refractivity contribution in [2.75, 3.05) is 37.8 Å². The van der Waals surface area contributed by atoms with Gasteiger partial charge in [-0.1, -0.05) is 12.1 Å². The number of halogens is 3. The lowest BCUT2D eigenvalue weighted by Crippen LogP contribution is -2.32. The lowest BCUT2D eigenvalue weighted by atomic mass is 10.0. The van der Waals surface area contributed by atoms with E-state index in [4.69, 9.17) is 10.9 Å². The Hall–Kier alpha value is -3.01. The first-order valence-electron chi connectivity index (χ1n) is 9.56. The first kappa shape index (κ1) is 26.2. The van der Waals surface area contributed by atoms with Gasteiger partial charge in [-0.2, -0.15) is 26.6 Å². The number of benzene rings is 1. The molecule has 7 N–H and O–H groups in total. The molecule has 2 aromatic rings. The summed E-state index contributed by atoms with van der Waals surface area (Å²) in [6.45, 7) is -0.0796. The second-order valence-corrected chi connectivity index (χ2v) is 8.57. The van der Waals surface area contributed by atoms with Gasteiger partial charge in [0.25, 0.3) is 10.2 Å². The van der Waals surface area contributed by atoms with Crippen LogP contribution in [0.25, 0.3) is 0 Å². The number of rotatable bonds is 11. The van der Waals surface area contributed by atoms with E-state index < -0.39 is 39.7 Å². The van der Waals surface area contributed by atoms with Crippen molar-refractivity contribution in [2.24, 2.45) is 10.9 Å². The van der Waals surface area contributed by atoms with E-state index in [0.29, 0.717) is 17.4 Å². The fourth-order valence-electron chi connectivity index (χ4n) is 2.93. The molecule has 0 fully saturated rings. The Bertz CT molecular complexity index is 1080. The van der Waals surface area contributed by atoms with Crippen LogP contribution >= 0.6 is 0 Å². The molecule has 0 aliphatic carbocycles. The predicted molar refractivity (Wildman–Crippen MR) is 117 cm³/mol. The van der Waals surface area contributed by atoms with Crippen molar-refractivity contribution < 1.29 is 26.4 Å². The van der Waals surface area contributed by atoms with E-state index in [9.17, 15) is 26.4 Å². The smallest absolute Gasteiger partial charge is 0.369 e. The normalized spacial score (nSPS) is 13.1. The monoisotopic (exact) mass is 490 g/mol. The van der Waals surface area contributed by atoms with Gasteiger partial charge in [-0.15, -0.1) is 0 Å². The molecule has 0 radical (unpaired) electrons. The third-order valence-electron chi connectivity index (χ3n) is 4.29. The summed E-state index contributed by atoms with van der Waals surface area (Å²) in [4.78, 5) is 21.0. The lowest BCUT2D eigenvalue weighted by Gasteiger charge is -2.22. The molecule has 1 atom stereocenters. The van der Waals surface area contributed by atoms with Gasteiger partial charge in [0.1, 0.15) is 17.4 Å². The summed E-state index contributed by atoms with van der Waals surface area (Å²) in [6, 6.07) is 5.88. The fourth-order valence-corrected chi connectivity index (χ4v) is 3.36. The van der Waals surface area contributed by atoms with Gasteiger partial charge in [0.2, 0.25) is 11.9 Å². The van der Waals surface area contributed by atoms with Crippen LogP contribution in [-0.2, 0) is 21.2 Å². The minimum atomic E-state index is -4.71. The summed E-state index contributed by atoms with van der Waals surface area (Å²) in [7, 11) is -0.517. The maximum Gasteiger partial charge on any atom is 0.421 e. The van der Waals surface area contributed by atoms with Gasteiger partial charge in [-0.25, -0.2) is 14.8 Å². The number of anilines is 3. The maximum absolute atomic E-state index is 13.3. The largest absolute Gasteiger partial charge is 0.421 e. The van der Waals surface area contributed by atoms with E-state index >= 15 is 0 Å². The number of hydrogen-bond acceptors (Lipinski definition) is 8. The van der Waals surface area contributed by atoms with Crippen molar-refractivity contribution in [1.29, 1.82) is 0 Å². The number of carbonyl (C=O) groups excluding carboxylic acids is 1. The molecule has 15 heteroatoms. The van der Waals surface area contributed by atoms with Gasteiger partial charge in [0, 0.05) is 25.0 Å². The average Bonchev–Trinajstić information content (AvgIpc) is 2.66. The molecule has 0 spiro atoms. The van der Waals surface area contributed by atoms with Crippen LogP contribution in [0.15, 0.2) is 30.5 Å². The number of alkyl halides is 3. The lowest BCUT2D eigenvalue weighted by molar-refractivity contribution is -0.137. The molecule has 1 heterocycles. The first-order chi connectivity index (χ1) is 15.3. The molecule has 182 valence electrons. The zero-order valence-corrected chi connectivity index (χ0v) is 18.7. The fraction of sp³-hybridized carbons (Fsp3) is 0.389. The minimum absolute atomic E-state index is 0.0132. The average molecular weight is 491 g/mol. The molecule has 2 rings (SSSR count). The van der Waals surface area contributed by atoms with Crippen molar-refractivity contribution in [1.82, 2.24) is 19.6 Å². The van der Waals surface area contributed by atoms with Gasteiger partial charge in [-0.3, -0.25) is 9.69 Å². The Morgan fingerprint density at radius 3 is 2.52 bits per heavy atom. The number of aromatic nitrogens is 2. The highest BCUT2D eigenvalue weighted by molar-refractivity contribution is 7.87. The third kappa shape index (κ3) is 8.12. The standard InChI is InChI=1S/C18H25F3N8O3S/c1-29(2)14(15(22)30)11-5-3-6-12(9-11)27-17-25-10-13(18(19,20)21)16(28-17)24-7-4-8-26-33(23,31)32/h3,5-6,9-10,14,26H,4,7-8H2,1-2H3,(H2,22,30)(H2,23,31,32)(H2,24,25,27,28). The maximum atomic E-state index is 13.3. The molecule has 1 aromatic carbocycles. The summed E-state index contributed by atoms with van der Waals surface area (Å²) in [5, 5.41) is 10.1. The Morgan fingerprint density at radius 1 is 1.24 bits per heavy atom. The van der Waals surface area contributed by atoms with Gasteiger partial charge in [0.15, 0.2) is 0 Å². The highest BCUT2D eigenvalue weighted by Crippen LogP contribution is 2.34. The summed E-state index contributed by atoms with van der Waals surface area (Å²) in [6.07, 6.45) is -3.92. The number of likely N-dealkylation sites (N-methyl/N-ethyl adjacent to an activating group) is 1. The summed E-state index contributed by atoms with van der Waals surface area (Å²) < 4.78 is 63.7. The van der Waals surface area contributed by atoms with Crippen molar-refractivity contribution >= 4 is 33.6 Å². The Labute approximate surface area is 188 Å². The van der Waals surface area contributed by atoms with Crippen LogP contribution in [0.3, 0.4) is 0 Å². The van der Waals surface area contributed by atoms with Crippen molar-refractivity contribution in [3.63, 3.8) is 0 Å². The summed E-state index contributed by atoms with van der Waals surface area (Å²) in [5.41, 5.74) is 5.38. The SMILES string of the molecule is CN(C)C(C(N)=O)c1cccc(Nc2ncc(C(F)(F)F)c(NCCCNS(N)(=O)=O)n2)c1. The number of nitrogens with zero attached hydrogens (tertiary/aromatic N) is 3. The molecular weight excluding hydrogens is 465 g/mol. The molecule has 11 nitrogen and oxygen atoms in total. The number of hydrogen-bond donors (Lipinski definition) is 5. The molecule has 0 saturated carbocycles. The van der Waals surface area contributed by atoms with E-state index in [-0.39, 0.29) is 25.5 Å². The van der Waals surface area contributed by atoms with Crippen LogP contribution in [0, 0.1) is 0 Å². The number of nitrogens with one attached hydrogen (secondary N) is 3. The van der Waals surface area contributed by atoms with E-state index in [1.807, 2.05) is 4.72 Å². The van der Waals surface area contributed by atoms with E-state index in [1.165, 1.54) is 0 Å². The first-order valence-corrected chi connectivity index (χ1v) is 11.1. The quantitative estimate of drug-likeness (QED) is 0.290. The van der Waals surface area contributed by atoms with Crippen molar-refractivity contribution in [2.45, 2.75) is 18.6 Å². The summed E-state index contributed by atoms with van der Waals surface area (Å²) in [5.74, 6) is -1.16. The molecule has 33 heavy (non-hydrogen) atoms. The zero-order chi connectivity index (χ0) is 24.8. The second-order valence-electron chi connectivity index (χ2n) is 7.19. The zero-order valence-electron chi connectivity index (χ0n) is 17.8. The van der Waals surface area contributed by atoms with E-state index in [0.717, 1.165) is 0 Å². The third-order valence-corrected chi connectivity index (χ3v) is 4.89. The molecule has 0 aliphatic rings. The van der Waals surface area contributed by atoms with Crippen molar-refractivity contribution in [3.8, 4) is 0 Å². The number of nitrogens with two attached hydrogens (primary N) is 2. The molecule has 0 saturated heterocycles. The van der Waals surface area contributed by atoms with Crippen LogP contribution in [0.4, 0.5) is 30.6 Å². The molecular formula is C18H25F3N8O3S. The van der Waals surface area contributed by atoms with Crippen LogP contribution in [0.5, 0.6) is 0 Å². The Kier molecular flexibility index (Phi) is 8.54. The van der Waals surface area contributed by atoms with Gasteiger partial charge < -0.3 is 16.4 Å². The predicted octanol–water partition coefficient (Wildman–Crippen LogP) is 0.922. The number of amides is 1. The number of primary amides is 1. The van der Waals surface area contributed by atoms with Gasteiger partial charge >= 0.3 is 6.18 Å². The number of carbonyl (C=O) groups is 1. The Morgan fingerprint density at radius 2 is 1.94 bits per heavy atom. The highest BCUT2D eigenvalue weighted by Gasteiger charge is 2.35. The molecule has 0 bridgehead atoms. The van der Waals surface area contributed by atoms with Crippen LogP contribution in [0.1, 0.15) is 23.6 Å². The molecule has 1 unspecified atom stereocenters. The second kappa shape index (κ2) is 10.7.